The fourth-order valence-electron chi connectivity index (χ4n) is 9.35. The van der Waals surface area contributed by atoms with Crippen LogP contribution in [0, 0.1) is 0 Å². The molecule has 9 aromatic carbocycles. The smallest absolute Gasteiger partial charge is 0.160 e. The highest BCUT2D eigenvalue weighted by atomic mass is 32.1. The molecule has 0 fully saturated rings. The molecule has 0 radical (unpaired) electrons. The first-order valence-electron chi connectivity index (χ1n) is 22.1. The summed E-state index contributed by atoms with van der Waals surface area (Å²) in [5.41, 5.74) is 14.3. The Morgan fingerprint density at radius 1 is 0.415 bits per heavy atom. The van der Waals surface area contributed by atoms with Crippen LogP contribution >= 0.6 is 11.3 Å². The Morgan fingerprint density at radius 2 is 1.05 bits per heavy atom. The second kappa shape index (κ2) is 16.6. The van der Waals surface area contributed by atoms with E-state index in [2.05, 4.69) is 235 Å². The monoisotopic (exact) mass is 850 g/mol. The topological polar surface area (TPSA) is 49.8 Å². The molecule has 1 aliphatic heterocycles. The third-order valence-corrected chi connectivity index (χ3v) is 13.8. The van der Waals surface area contributed by atoms with Gasteiger partial charge in [0.05, 0.1) is 17.4 Å². The molecule has 11 aromatic rings. The second-order valence-corrected chi connectivity index (χ2v) is 17.6. The number of nitrogens with one attached hydrogen (secondary N) is 2. The Labute approximate surface area is 382 Å². The molecule has 4 nitrogen and oxygen atoms in total. The molecule has 65 heavy (non-hydrogen) atoms. The first-order valence-corrected chi connectivity index (χ1v) is 22.9. The number of aromatic nitrogens is 2. The van der Waals surface area contributed by atoms with Gasteiger partial charge in [-0.2, -0.15) is 0 Å². The van der Waals surface area contributed by atoms with Gasteiger partial charge in [0.25, 0.3) is 0 Å². The molecule has 2 aromatic heterocycles. The molecule has 0 saturated carbocycles. The largest absolute Gasteiger partial charge is 0.366 e. The molecule has 12 rings (SSSR count). The highest BCUT2D eigenvalue weighted by Crippen LogP contribution is 2.45. The Bertz CT molecular complexity index is 3520. The van der Waals surface area contributed by atoms with Crippen LogP contribution in [0.1, 0.15) is 28.9 Å². The van der Waals surface area contributed by atoms with Gasteiger partial charge in [-0.05, 0) is 62.4 Å². The van der Waals surface area contributed by atoms with Crippen LogP contribution in [0.15, 0.2) is 231 Å². The summed E-state index contributed by atoms with van der Waals surface area (Å²) in [6.07, 6.45) is 2.20. The van der Waals surface area contributed by atoms with Crippen molar-refractivity contribution in [1.82, 2.24) is 20.6 Å². The molecule has 0 spiro atoms. The molecule has 3 heterocycles. The lowest BCUT2D eigenvalue weighted by molar-refractivity contribution is 0.443. The first-order chi connectivity index (χ1) is 32.2. The van der Waals surface area contributed by atoms with Gasteiger partial charge in [0, 0.05) is 48.1 Å². The zero-order chi connectivity index (χ0) is 43.1. The number of rotatable bonds is 8. The quantitative estimate of drug-likeness (QED) is 0.160. The van der Waals surface area contributed by atoms with E-state index in [0.29, 0.717) is 5.82 Å². The summed E-state index contributed by atoms with van der Waals surface area (Å²) in [4.78, 5) is 10.4. The van der Waals surface area contributed by atoms with Crippen LogP contribution in [0.5, 0.6) is 0 Å². The molecule has 0 aliphatic carbocycles. The van der Waals surface area contributed by atoms with Gasteiger partial charge in [-0.1, -0.05) is 212 Å². The van der Waals surface area contributed by atoms with Crippen LogP contribution in [0.2, 0.25) is 0 Å². The minimum Gasteiger partial charge on any atom is -0.366 e. The molecule has 2 N–H and O–H groups in total. The summed E-state index contributed by atoms with van der Waals surface area (Å²) >= 11 is 1.87. The van der Waals surface area contributed by atoms with Gasteiger partial charge in [-0.3, -0.25) is 5.32 Å². The summed E-state index contributed by atoms with van der Waals surface area (Å²) in [6, 6.07) is 80.1. The Morgan fingerprint density at radius 3 is 1.83 bits per heavy atom. The predicted molar refractivity (Wildman–Crippen MR) is 272 cm³/mol. The van der Waals surface area contributed by atoms with E-state index in [0.717, 1.165) is 39.3 Å². The third kappa shape index (κ3) is 7.37. The Balaban J connectivity index is 0.938. The number of fused-ring (bicyclic) bond motifs is 4. The maximum Gasteiger partial charge on any atom is 0.160 e. The van der Waals surface area contributed by atoms with Crippen LogP contribution < -0.4 is 10.6 Å². The standard InChI is InChI=1S/C60H42N4S/c1-4-16-41(17-5-1)52-37-53(42-18-6-2-7-19-42)62-59(61-52)46-33-29-44(30-34-46)57-48(35-36-51-50-24-12-13-26-56(50)65-58(51)57)40-27-31-45(32-28-40)60-63-54(43-20-8-3-9-21-43)38-55(64-60)49-25-14-22-39-15-10-11-23-47(39)49/h1-38,52,59,61-62H. The predicted octanol–water partition coefficient (Wildman–Crippen LogP) is 15.3. The molecule has 0 bridgehead atoms. The molecule has 2 unspecified atom stereocenters. The van der Waals surface area contributed by atoms with Crippen molar-refractivity contribution in [2.75, 3.05) is 0 Å². The van der Waals surface area contributed by atoms with Gasteiger partial charge >= 0.3 is 0 Å². The van der Waals surface area contributed by atoms with Crippen LogP contribution in [0.25, 0.3) is 92.8 Å². The summed E-state index contributed by atoms with van der Waals surface area (Å²) in [5.74, 6) is 0.696. The Hall–Kier alpha value is -7.96. The molecular formula is C60H42N4S. The van der Waals surface area contributed by atoms with Crippen molar-refractivity contribution in [3.8, 4) is 56.2 Å². The molecule has 2 atom stereocenters. The van der Waals surface area contributed by atoms with Gasteiger partial charge in [0.1, 0.15) is 6.17 Å². The molecular weight excluding hydrogens is 809 g/mol. The van der Waals surface area contributed by atoms with Gasteiger partial charge in [0.15, 0.2) is 5.82 Å². The third-order valence-electron chi connectivity index (χ3n) is 12.6. The van der Waals surface area contributed by atoms with Gasteiger partial charge in [-0.15, -0.1) is 11.3 Å². The number of thiophene rings is 1. The van der Waals surface area contributed by atoms with E-state index < -0.39 is 0 Å². The fraction of sp³-hybridized carbons (Fsp3) is 0.0333. The van der Waals surface area contributed by atoms with Crippen molar-refractivity contribution in [1.29, 1.82) is 0 Å². The average Bonchev–Trinajstić information content (AvgIpc) is 3.78. The second-order valence-electron chi connectivity index (χ2n) is 16.6. The molecule has 0 amide bonds. The van der Waals surface area contributed by atoms with Crippen molar-refractivity contribution in [2.24, 2.45) is 0 Å². The van der Waals surface area contributed by atoms with Crippen molar-refractivity contribution in [3.05, 3.63) is 247 Å². The number of nitrogens with zero attached hydrogens (tertiary/aromatic N) is 2. The van der Waals surface area contributed by atoms with E-state index in [1.54, 1.807) is 0 Å². The number of hydrogen-bond acceptors (Lipinski definition) is 5. The van der Waals surface area contributed by atoms with E-state index in [1.165, 1.54) is 64.3 Å². The van der Waals surface area contributed by atoms with Crippen molar-refractivity contribution in [3.63, 3.8) is 0 Å². The maximum atomic E-state index is 5.25. The SMILES string of the molecule is C1=C(c2ccccc2)NC(c2ccc(-c3c(-c4ccc(-c5nc(-c6ccccc6)cc(-c6cccc7ccccc67)n5)cc4)ccc4c3sc3ccccc34)cc2)NC1c1ccccc1. The zero-order valence-corrected chi connectivity index (χ0v) is 36.2. The molecule has 308 valence electrons. The summed E-state index contributed by atoms with van der Waals surface area (Å²) in [6.45, 7) is 0. The van der Waals surface area contributed by atoms with Gasteiger partial charge in [-0.25, -0.2) is 9.97 Å². The fourth-order valence-corrected chi connectivity index (χ4v) is 10.6. The minimum absolute atomic E-state index is 0.0511. The zero-order valence-electron chi connectivity index (χ0n) is 35.4. The maximum absolute atomic E-state index is 5.25. The highest BCUT2D eigenvalue weighted by molar-refractivity contribution is 7.26. The van der Waals surface area contributed by atoms with Crippen LogP contribution in [-0.2, 0) is 0 Å². The summed E-state index contributed by atoms with van der Waals surface area (Å²) in [7, 11) is 0. The minimum atomic E-state index is -0.0923. The molecule has 1 aliphatic rings. The highest BCUT2D eigenvalue weighted by Gasteiger charge is 2.25. The van der Waals surface area contributed by atoms with Crippen molar-refractivity contribution < 1.29 is 0 Å². The van der Waals surface area contributed by atoms with Crippen molar-refractivity contribution >= 4 is 48.0 Å². The molecule has 0 saturated heterocycles. The summed E-state index contributed by atoms with van der Waals surface area (Å²) in [5, 5.41) is 12.6. The van der Waals surface area contributed by atoms with E-state index in [4.69, 9.17) is 9.97 Å². The van der Waals surface area contributed by atoms with Gasteiger partial charge < -0.3 is 5.32 Å². The first kappa shape index (κ1) is 38.7. The number of benzene rings is 9. The van der Waals surface area contributed by atoms with Crippen LogP contribution in [0.3, 0.4) is 0 Å². The van der Waals surface area contributed by atoms with Crippen LogP contribution in [-0.4, -0.2) is 9.97 Å². The van der Waals surface area contributed by atoms with E-state index >= 15 is 0 Å². The summed E-state index contributed by atoms with van der Waals surface area (Å²) < 4.78 is 2.57. The van der Waals surface area contributed by atoms with E-state index in [9.17, 15) is 0 Å². The van der Waals surface area contributed by atoms with Crippen molar-refractivity contribution in [2.45, 2.75) is 12.2 Å². The Kier molecular flexibility index (Phi) is 9.90. The lowest BCUT2D eigenvalue weighted by Crippen LogP contribution is -2.39. The van der Waals surface area contributed by atoms with E-state index in [1.807, 2.05) is 17.4 Å². The van der Waals surface area contributed by atoms with Gasteiger partial charge in [0.2, 0.25) is 0 Å². The van der Waals surface area contributed by atoms with Crippen LogP contribution in [0.4, 0.5) is 0 Å². The lowest BCUT2D eigenvalue weighted by atomic mass is 9.91. The lowest BCUT2D eigenvalue weighted by Gasteiger charge is -2.33. The average molecular weight is 851 g/mol. The normalized spacial score (nSPS) is 14.9. The molecule has 5 heteroatoms. The van der Waals surface area contributed by atoms with E-state index in [-0.39, 0.29) is 12.2 Å². The number of hydrogen-bond donors (Lipinski definition) is 2.